The normalized spacial score (nSPS) is 16.3. The van der Waals surface area contributed by atoms with Crippen LogP contribution in [0.25, 0.3) is 0 Å². The smallest absolute Gasteiger partial charge is 0.323 e. The lowest BCUT2D eigenvalue weighted by Gasteiger charge is -2.27. The zero-order valence-electron chi connectivity index (χ0n) is 9.60. The van der Waals surface area contributed by atoms with Gasteiger partial charge >= 0.3 is 5.97 Å². The van der Waals surface area contributed by atoms with Crippen molar-refractivity contribution in [3.63, 3.8) is 0 Å². The SMILES string of the molecule is CCC(C)N(CC)S(=O)(=O)C(C)C(=O)O. The largest absolute Gasteiger partial charge is 0.480 e. The van der Waals surface area contributed by atoms with E-state index in [-0.39, 0.29) is 6.04 Å². The van der Waals surface area contributed by atoms with Crippen LogP contribution in [0.2, 0.25) is 0 Å². The predicted octanol–water partition coefficient (Wildman–Crippen LogP) is 0.910. The molecule has 0 aromatic carbocycles. The third-order valence-electron chi connectivity index (χ3n) is 2.52. The van der Waals surface area contributed by atoms with E-state index in [1.54, 1.807) is 13.8 Å². The number of hydrogen-bond acceptors (Lipinski definition) is 3. The van der Waals surface area contributed by atoms with Crippen LogP contribution in [-0.4, -0.2) is 41.6 Å². The Bertz CT molecular complexity index is 312. The van der Waals surface area contributed by atoms with Gasteiger partial charge in [-0.1, -0.05) is 13.8 Å². The van der Waals surface area contributed by atoms with E-state index in [1.807, 2.05) is 6.92 Å². The zero-order chi connectivity index (χ0) is 12.2. The van der Waals surface area contributed by atoms with E-state index in [1.165, 1.54) is 11.2 Å². The molecular weight excluding hydrogens is 218 g/mol. The molecule has 0 radical (unpaired) electrons. The number of carbonyl (C=O) groups is 1. The number of hydrogen-bond donors (Lipinski definition) is 1. The van der Waals surface area contributed by atoms with Gasteiger partial charge in [0, 0.05) is 12.6 Å². The Morgan fingerprint density at radius 3 is 2.07 bits per heavy atom. The Morgan fingerprint density at radius 1 is 1.33 bits per heavy atom. The van der Waals surface area contributed by atoms with Crippen molar-refractivity contribution in [2.75, 3.05) is 6.54 Å². The number of aliphatic carboxylic acids is 1. The van der Waals surface area contributed by atoms with Gasteiger partial charge in [-0.25, -0.2) is 8.42 Å². The van der Waals surface area contributed by atoms with E-state index < -0.39 is 21.2 Å². The minimum absolute atomic E-state index is 0.165. The monoisotopic (exact) mass is 237 g/mol. The summed E-state index contributed by atoms with van der Waals surface area (Å²) in [5.41, 5.74) is 0. The topological polar surface area (TPSA) is 74.7 Å². The van der Waals surface area contributed by atoms with Crippen LogP contribution in [0.1, 0.15) is 34.1 Å². The molecule has 0 amide bonds. The summed E-state index contributed by atoms with van der Waals surface area (Å²) < 4.78 is 24.9. The number of nitrogens with zero attached hydrogens (tertiary/aromatic N) is 1. The lowest BCUT2D eigenvalue weighted by Crippen LogP contribution is -2.45. The molecule has 0 fully saturated rings. The molecule has 15 heavy (non-hydrogen) atoms. The summed E-state index contributed by atoms with van der Waals surface area (Å²) in [4.78, 5) is 10.7. The predicted molar refractivity (Wildman–Crippen MR) is 58.2 cm³/mol. The lowest BCUT2D eigenvalue weighted by molar-refractivity contribution is -0.136. The second kappa shape index (κ2) is 5.46. The number of carboxylic acid groups (broad SMARTS) is 1. The Morgan fingerprint density at radius 2 is 1.80 bits per heavy atom. The molecule has 0 aromatic heterocycles. The maximum Gasteiger partial charge on any atom is 0.323 e. The molecule has 0 aliphatic heterocycles. The van der Waals surface area contributed by atoms with Crippen LogP contribution in [-0.2, 0) is 14.8 Å². The third-order valence-corrected chi connectivity index (χ3v) is 4.88. The standard InChI is InChI=1S/C9H19NO4S/c1-5-7(3)10(6-2)15(13,14)8(4)9(11)12/h7-8H,5-6H2,1-4H3,(H,11,12). The van der Waals surface area contributed by atoms with Gasteiger partial charge in [-0.05, 0) is 20.3 Å². The summed E-state index contributed by atoms with van der Waals surface area (Å²) in [7, 11) is -3.73. The van der Waals surface area contributed by atoms with Gasteiger partial charge in [0.2, 0.25) is 10.0 Å². The molecule has 0 saturated heterocycles. The number of carboxylic acids is 1. The molecule has 90 valence electrons. The first-order valence-corrected chi connectivity index (χ1v) is 6.52. The summed E-state index contributed by atoms with van der Waals surface area (Å²) in [5.74, 6) is -1.31. The highest BCUT2D eigenvalue weighted by atomic mass is 32.2. The van der Waals surface area contributed by atoms with Crippen LogP contribution < -0.4 is 0 Å². The molecule has 5 nitrogen and oxygen atoms in total. The number of sulfonamides is 1. The molecule has 0 spiro atoms. The van der Waals surface area contributed by atoms with Crippen LogP contribution in [0.5, 0.6) is 0 Å². The summed E-state index contributed by atoms with van der Waals surface area (Å²) in [6, 6.07) is -0.165. The maximum absolute atomic E-state index is 11.8. The van der Waals surface area contributed by atoms with Crippen LogP contribution in [0.15, 0.2) is 0 Å². The molecule has 0 aliphatic carbocycles. The van der Waals surface area contributed by atoms with Crippen LogP contribution >= 0.6 is 0 Å². The van der Waals surface area contributed by atoms with E-state index in [0.29, 0.717) is 13.0 Å². The highest BCUT2D eigenvalue weighted by Gasteiger charge is 2.34. The molecule has 2 atom stereocenters. The van der Waals surface area contributed by atoms with Gasteiger partial charge in [-0.3, -0.25) is 4.79 Å². The molecule has 0 saturated carbocycles. The molecule has 0 bridgehead atoms. The van der Waals surface area contributed by atoms with Crippen molar-refractivity contribution in [3.8, 4) is 0 Å². The summed E-state index contributed by atoms with van der Waals surface area (Å²) in [6.07, 6.45) is 0.666. The lowest BCUT2D eigenvalue weighted by atomic mass is 10.3. The molecule has 0 rings (SSSR count). The average molecular weight is 237 g/mol. The van der Waals surface area contributed by atoms with Crippen molar-refractivity contribution in [3.05, 3.63) is 0 Å². The molecule has 1 N–H and O–H groups in total. The summed E-state index contributed by atoms with van der Waals surface area (Å²) in [6.45, 7) is 6.85. The van der Waals surface area contributed by atoms with Crippen LogP contribution in [0, 0.1) is 0 Å². The third kappa shape index (κ3) is 3.17. The van der Waals surface area contributed by atoms with Gasteiger partial charge in [0.05, 0.1) is 0 Å². The van der Waals surface area contributed by atoms with Crippen molar-refractivity contribution >= 4 is 16.0 Å². The molecule has 0 aromatic rings. The first kappa shape index (κ1) is 14.4. The van der Waals surface area contributed by atoms with Gasteiger partial charge in [0.1, 0.15) is 0 Å². The summed E-state index contributed by atoms with van der Waals surface area (Å²) in [5, 5.41) is 7.33. The molecule has 0 heterocycles. The maximum atomic E-state index is 11.8. The van der Waals surface area contributed by atoms with Crippen LogP contribution in [0.4, 0.5) is 0 Å². The zero-order valence-corrected chi connectivity index (χ0v) is 10.4. The minimum atomic E-state index is -3.73. The fourth-order valence-corrected chi connectivity index (χ4v) is 2.95. The first-order chi connectivity index (χ1) is 6.78. The fraction of sp³-hybridized carbons (Fsp3) is 0.889. The van der Waals surface area contributed by atoms with E-state index in [9.17, 15) is 13.2 Å². The van der Waals surface area contributed by atoms with E-state index in [0.717, 1.165) is 0 Å². The molecular formula is C9H19NO4S. The second-order valence-corrected chi connectivity index (χ2v) is 5.69. The number of rotatable bonds is 6. The van der Waals surface area contributed by atoms with Gasteiger partial charge in [0.25, 0.3) is 0 Å². The second-order valence-electron chi connectivity index (χ2n) is 3.49. The molecule has 6 heteroatoms. The van der Waals surface area contributed by atoms with E-state index >= 15 is 0 Å². The van der Waals surface area contributed by atoms with Gasteiger partial charge in [0.15, 0.2) is 5.25 Å². The average Bonchev–Trinajstić information content (AvgIpc) is 2.16. The van der Waals surface area contributed by atoms with Gasteiger partial charge in [-0.2, -0.15) is 4.31 Å². The minimum Gasteiger partial charge on any atom is -0.480 e. The van der Waals surface area contributed by atoms with Gasteiger partial charge in [-0.15, -0.1) is 0 Å². The molecule has 0 aliphatic rings. The van der Waals surface area contributed by atoms with Crippen molar-refractivity contribution in [2.24, 2.45) is 0 Å². The van der Waals surface area contributed by atoms with E-state index in [2.05, 4.69) is 0 Å². The Hall–Kier alpha value is -0.620. The van der Waals surface area contributed by atoms with Crippen LogP contribution in [0.3, 0.4) is 0 Å². The highest BCUT2D eigenvalue weighted by molar-refractivity contribution is 7.90. The Labute approximate surface area is 91.1 Å². The van der Waals surface area contributed by atoms with Crippen molar-refractivity contribution in [1.29, 1.82) is 0 Å². The van der Waals surface area contributed by atoms with Crippen molar-refractivity contribution in [1.82, 2.24) is 4.31 Å². The quantitative estimate of drug-likeness (QED) is 0.745. The first-order valence-electron chi connectivity index (χ1n) is 5.02. The van der Waals surface area contributed by atoms with E-state index in [4.69, 9.17) is 5.11 Å². The van der Waals surface area contributed by atoms with Crippen molar-refractivity contribution in [2.45, 2.75) is 45.4 Å². The Kier molecular flexibility index (Phi) is 5.23. The fourth-order valence-electron chi connectivity index (χ4n) is 1.28. The Balaban J connectivity index is 5.06. The summed E-state index contributed by atoms with van der Waals surface area (Å²) >= 11 is 0. The highest BCUT2D eigenvalue weighted by Crippen LogP contribution is 2.14. The van der Waals surface area contributed by atoms with Gasteiger partial charge < -0.3 is 5.11 Å². The van der Waals surface area contributed by atoms with Crippen molar-refractivity contribution < 1.29 is 18.3 Å². The molecule has 2 unspecified atom stereocenters.